The van der Waals surface area contributed by atoms with Crippen molar-refractivity contribution in [2.24, 2.45) is 0 Å². The van der Waals surface area contributed by atoms with Crippen molar-refractivity contribution < 1.29 is 14.7 Å². The second kappa shape index (κ2) is 7.32. The van der Waals surface area contributed by atoms with Crippen LogP contribution >= 0.6 is 0 Å². The van der Waals surface area contributed by atoms with Gasteiger partial charge in [0.2, 0.25) is 5.91 Å². The van der Waals surface area contributed by atoms with E-state index in [0.717, 1.165) is 5.56 Å². The molecule has 0 atom stereocenters. The van der Waals surface area contributed by atoms with E-state index in [4.69, 9.17) is 5.11 Å². The normalized spacial score (nSPS) is 9.88. The first-order valence-corrected chi connectivity index (χ1v) is 5.42. The Morgan fingerprint density at radius 1 is 1.29 bits per heavy atom. The van der Waals surface area contributed by atoms with Crippen LogP contribution in [-0.4, -0.2) is 33.7 Å². The smallest absolute Gasteiger partial charge is 0.303 e. The van der Waals surface area contributed by atoms with Crippen LogP contribution in [-0.2, 0) is 16.0 Å². The molecule has 6 heteroatoms. The zero-order chi connectivity index (χ0) is 12.5. The summed E-state index contributed by atoms with van der Waals surface area (Å²) in [4.78, 5) is 21.5. The number of carboxylic acid groups (broad SMARTS) is 1. The number of nitrogens with zero attached hydrogens (tertiary/aromatic N) is 2. The van der Waals surface area contributed by atoms with E-state index in [1.54, 1.807) is 12.4 Å². The fraction of sp³-hybridized carbons (Fsp3) is 0.455. The second-order valence-corrected chi connectivity index (χ2v) is 3.60. The molecule has 1 aromatic rings. The van der Waals surface area contributed by atoms with Gasteiger partial charge in [-0.15, -0.1) is 0 Å². The first-order valence-electron chi connectivity index (χ1n) is 5.42. The molecular formula is C11H15N3O3. The van der Waals surface area contributed by atoms with E-state index in [1.807, 2.05) is 6.07 Å². The number of aromatic nitrogens is 2. The summed E-state index contributed by atoms with van der Waals surface area (Å²) < 4.78 is 0. The van der Waals surface area contributed by atoms with E-state index < -0.39 is 5.97 Å². The highest BCUT2D eigenvalue weighted by Gasteiger charge is 2.03. The first kappa shape index (κ1) is 13.1. The predicted molar refractivity (Wildman–Crippen MR) is 60.2 cm³/mol. The lowest BCUT2D eigenvalue weighted by Gasteiger charge is -2.04. The monoisotopic (exact) mass is 237 g/mol. The zero-order valence-electron chi connectivity index (χ0n) is 9.43. The van der Waals surface area contributed by atoms with Gasteiger partial charge in [-0.3, -0.25) is 9.59 Å². The molecule has 17 heavy (non-hydrogen) atoms. The van der Waals surface area contributed by atoms with Crippen molar-refractivity contribution in [3.63, 3.8) is 0 Å². The summed E-state index contributed by atoms with van der Waals surface area (Å²) >= 11 is 0. The van der Waals surface area contributed by atoms with Crippen molar-refractivity contribution in [3.05, 3.63) is 24.0 Å². The van der Waals surface area contributed by atoms with Crippen LogP contribution in [0.15, 0.2) is 18.5 Å². The maximum absolute atomic E-state index is 11.3. The molecule has 0 fully saturated rings. The summed E-state index contributed by atoms with van der Waals surface area (Å²) in [5.74, 6) is -0.992. The summed E-state index contributed by atoms with van der Waals surface area (Å²) in [6.45, 7) is 0.525. The fourth-order valence-corrected chi connectivity index (χ4v) is 1.30. The van der Waals surface area contributed by atoms with E-state index in [9.17, 15) is 9.59 Å². The van der Waals surface area contributed by atoms with Crippen molar-refractivity contribution in [3.8, 4) is 0 Å². The van der Waals surface area contributed by atoms with Gasteiger partial charge in [0.25, 0.3) is 0 Å². The lowest BCUT2D eigenvalue weighted by molar-refractivity contribution is -0.137. The second-order valence-electron chi connectivity index (χ2n) is 3.60. The molecule has 1 heterocycles. The Morgan fingerprint density at radius 3 is 2.76 bits per heavy atom. The van der Waals surface area contributed by atoms with Crippen LogP contribution in [0.3, 0.4) is 0 Å². The van der Waals surface area contributed by atoms with Gasteiger partial charge in [-0.1, -0.05) is 0 Å². The molecule has 1 aromatic heterocycles. The van der Waals surface area contributed by atoms with E-state index in [1.165, 1.54) is 0 Å². The van der Waals surface area contributed by atoms with Crippen molar-refractivity contribution >= 4 is 11.9 Å². The predicted octanol–water partition coefficient (Wildman–Crippen LogP) is 0.390. The number of carbonyl (C=O) groups is 2. The molecule has 92 valence electrons. The van der Waals surface area contributed by atoms with Crippen molar-refractivity contribution in [1.29, 1.82) is 0 Å². The Bertz CT molecular complexity index is 367. The van der Waals surface area contributed by atoms with Gasteiger partial charge in [0.1, 0.15) is 0 Å². The zero-order valence-corrected chi connectivity index (χ0v) is 9.43. The summed E-state index contributed by atoms with van der Waals surface area (Å²) in [5, 5.41) is 18.5. The van der Waals surface area contributed by atoms with Crippen molar-refractivity contribution in [1.82, 2.24) is 15.5 Å². The molecule has 0 saturated heterocycles. The average molecular weight is 237 g/mol. The third-order valence-corrected chi connectivity index (χ3v) is 2.18. The van der Waals surface area contributed by atoms with Gasteiger partial charge >= 0.3 is 5.97 Å². The number of carboxylic acids is 1. The van der Waals surface area contributed by atoms with Gasteiger partial charge in [-0.05, 0) is 24.5 Å². The molecule has 0 aliphatic heterocycles. The molecule has 1 rings (SSSR count). The van der Waals surface area contributed by atoms with Crippen LogP contribution in [0.5, 0.6) is 0 Å². The molecule has 2 N–H and O–H groups in total. The minimum atomic E-state index is -0.874. The summed E-state index contributed by atoms with van der Waals surface area (Å²) in [6.07, 6.45) is 4.60. The van der Waals surface area contributed by atoms with Gasteiger partial charge < -0.3 is 10.4 Å². The first-order chi connectivity index (χ1) is 8.18. The van der Waals surface area contributed by atoms with Crippen LogP contribution in [0.2, 0.25) is 0 Å². The molecular weight excluding hydrogens is 222 g/mol. The lowest BCUT2D eigenvalue weighted by atomic mass is 10.2. The standard InChI is InChI=1S/C11H15N3O3/c15-10(2-1-3-11(16)17)12-6-4-9-5-7-13-14-8-9/h5,7-8H,1-4,6H2,(H,12,15)(H,16,17). The molecule has 0 aromatic carbocycles. The largest absolute Gasteiger partial charge is 0.481 e. The number of carbonyl (C=O) groups excluding carboxylic acids is 1. The lowest BCUT2D eigenvalue weighted by Crippen LogP contribution is -2.25. The quantitative estimate of drug-likeness (QED) is 0.715. The number of rotatable bonds is 7. The van der Waals surface area contributed by atoms with Crippen LogP contribution in [0, 0.1) is 0 Å². The third kappa shape index (κ3) is 6.24. The molecule has 0 bridgehead atoms. The van der Waals surface area contributed by atoms with Gasteiger partial charge in [0, 0.05) is 25.6 Å². The van der Waals surface area contributed by atoms with Crippen LogP contribution in [0.25, 0.3) is 0 Å². The molecule has 0 radical (unpaired) electrons. The fourth-order valence-electron chi connectivity index (χ4n) is 1.30. The van der Waals surface area contributed by atoms with Crippen LogP contribution in [0.1, 0.15) is 24.8 Å². The molecule has 0 aliphatic carbocycles. The van der Waals surface area contributed by atoms with Crippen LogP contribution in [0.4, 0.5) is 0 Å². The van der Waals surface area contributed by atoms with Gasteiger partial charge in [0.15, 0.2) is 0 Å². The Kier molecular flexibility index (Phi) is 5.63. The molecule has 0 aliphatic rings. The Morgan fingerprint density at radius 2 is 2.12 bits per heavy atom. The average Bonchev–Trinajstić information content (AvgIpc) is 2.30. The number of aliphatic carboxylic acids is 1. The summed E-state index contributed by atoms with van der Waals surface area (Å²) in [7, 11) is 0. The summed E-state index contributed by atoms with van der Waals surface area (Å²) in [5.41, 5.74) is 1.01. The Hall–Kier alpha value is -1.98. The maximum Gasteiger partial charge on any atom is 0.303 e. The molecule has 0 unspecified atom stereocenters. The topological polar surface area (TPSA) is 92.2 Å². The number of amides is 1. The summed E-state index contributed by atoms with van der Waals surface area (Å²) in [6, 6.07) is 1.84. The van der Waals surface area contributed by atoms with Gasteiger partial charge in [-0.25, -0.2) is 0 Å². The van der Waals surface area contributed by atoms with Crippen molar-refractivity contribution in [2.75, 3.05) is 6.54 Å². The highest BCUT2D eigenvalue weighted by atomic mass is 16.4. The minimum absolute atomic E-state index is 0.0295. The third-order valence-electron chi connectivity index (χ3n) is 2.18. The van der Waals surface area contributed by atoms with E-state index in [0.29, 0.717) is 19.4 Å². The van der Waals surface area contributed by atoms with E-state index in [2.05, 4.69) is 15.5 Å². The number of hydrogen-bond donors (Lipinski definition) is 2. The van der Waals surface area contributed by atoms with E-state index in [-0.39, 0.29) is 18.7 Å². The van der Waals surface area contributed by atoms with Crippen molar-refractivity contribution in [2.45, 2.75) is 25.7 Å². The maximum atomic E-state index is 11.3. The number of nitrogens with one attached hydrogen (secondary N) is 1. The molecule has 0 saturated carbocycles. The minimum Gasteiger partial charge on any atom is -0.481 e. The molecule has 6 nitrogen and oxygen atoms in total. The Balaban J connectivity index is 2.10. The van der Waals surface area contributed by atoms with Crippen LogP contribution < -0.4 is 5.32 Å². The van der Waals surface area contributed by atoms with Gasteiger partial charge in [0.05, 0.1) is 6.20 Å². The number of hydrogen-bond acceptors (Lipinski definition) is 4. The van der Waals surface area contributed by atoms with E-state index >= 15 is 0 Å². The SMILES string of the molecule is O=C(O)CCCC(=O)NCCc1ccnnc1. The highest BCUT2D eigenvalue weighted by Crippen LogP contribution is 1.96. The molecule has 1 amide bonds. The Labute approximate surface area is 99.1 Å². The van der Waals surface area contributed by atoms with Gasteiger partial charge in [-0.2, -0.15) is 10.2 Å². The highest BCUT2D eigenvalue weighted by molar-refractivity contribution is 5.76. The molecule has 0 spiro atoms.